The van der Waals surface area contributed by atoms with Gasteiger partial charge >= 0.3 is 5.97 Å². The molecule has 0 aliphatic heterocycles. The number of nitrogens with zero attached hydrogens (tertiary/aromatic N) is 1. The summed E-state index contributed by atoms with van der Waals surface area (Å²) in [4.78, 5) is 22.6. The molecule has 0 rings (SSSR count). The van der Waals surface area contributed by atoms with Gasteiger partial charge in [0.1, 0.15) is 0 Å². The number of rotatable bonds is 10. The number of carbonyl (C=O) groups is 2. The zero-order valence-corrected chi connectivity index (χ0v) is 14.2. The first-order valence-electron chi connectivity index (χ1n) is 7.14. The molecule has 0 aromatic heterocycles. The average molecular weight is 314 g/mol. The van der Waals surface area contributed by atoms with E-state index in [4.69, 9.17) is 10.4 Å². The second kappa shape index (κ2) is 8.93. The highest BCUT2D eigenvalue weighted by Crippen LogP contribution is 2.26. The number of amides is 1. The summed E-state index contributed by atoms with van der Waals surface area (Å²) < 4.78 is 0. The SMILES string of the molecule is CC(C)(CCCSCCCC(C)(C)C(=O)NC#N)C(=O)O. The van der Waals surface area contributed by atoms with Crippen molar-refractivity contribution >= 4 is 23.6 Å². The van der Waals surface area contributed by atoms with E-state index in [2.05, 4.69) is 5.32 Å². The molecule has 0 bridgehead atoms. The molecule has 0 heterocycles. The molecule has 0 unspecified atom stereocenters. The molecule has 0 aromatic rings. The van der Waals surface area contributed by atoms with Crippen LogP contribution in [0.3, 0.4) is 0 Å². The maximum atomic E-state index is 11.6. The van der Waals surface area contributed by atoms with Crippen molar-refractivity contribution in [2.24, 2.45) is 10.8 Å². The highest BCUT2D eigenvalue weighted by molar-refractivity contribution is 7.99. The fraction of sp³-hybridized carbons (Fsp3) is 0.800. The number of aliphatic carboxylic acids is 1. The maximum Gasteiger partial charge on any atom is 0.309 e. The molecule has 0 aliphatic rings. The van der Waals surface area contributed by atoms with Gasteiger partial charge in [-0.1, -0.05) is 13.8 Å². The van der Waals surface area contributed by atoms with Crippen LogP contribution < -0.4 is 5.32 Å². The molecule has 0 spiro atoms. The Balaban J connectivity index is 3.77. The van der Waals surface area contributed by atoms with E-state index in [1.54, 1.807) is 31.8 Å². The van der Waals surface area contributed by atoms with Crippen LogP contribution in [0.5, 0.6) is 0 Å². The van der Waals surface area contributed by atoms with Gasteiger partial charge in [-0.3, -0.25) is 14.9 Å². The fourth-order valence-electron chi connectivity index (χ4n) is 1.77. The predicted octanol–water partition coefficient (Wildman–Crippen LogP) is 3.01. The first-order chi connectivity index (χ1) is 9.63. The quantitative estimate of drug-likeness (QED) is 0.367. The van der Waals surface area contributed by atoms with E-state index in [0.29, 0.717) is 6.42 Å². The Labute approximate surface area is 131 Å². The van der Waals surface area contributed by atoms with E-state index in [-0.39, 0.29) is 5.91 Å². The summed E-state index contributed by atoms with van der Waals surface area (Å²) >= 11 is 1.78. The van der Waals surface area contributed by atoms with Crippen LogP contribution in [0.2, 0.25) is 0 Å². The van der Waals surface area contributed by atoms with Gasteiger partial charge in [0.05, 0.1) is 5.41 Å². The van der Waals surface area contributed by atoms with Gasteiger partial charge in [0.25, 0.3) is 0 Å². The maximum absolute atomic E-state index is 11.6. The van der Waals surface area contributed by atoms with Gasteiger partial charge in [-0.15, -0.1) is 0 Å². The van der Waals surface area contributed by atoms with Gasteiger partial charge < -0.3 is 5.11 Å². The molecule has 0 saturated heterocycles. The lowest BCUT2D eigenvalue weighted by Gasteiger charge is -2.21. The number of carbonyl (C=O) groups excluding carboxylic acids is 1. The number of hydrogen-bond donors (Lipinski definition) is 2. The number of carboxylic acid groups (broad SMARTS) is 1. The number of nitrogens with one attached hydrogen (secondary N) is 1. The minimum atomic E-state index is -0.752. The Morgan fingerprint density at radius 1 is 1.10 bits per heavy atom. The zero-order valence-electron chi connectivity index (χ0n) is 13.4. The van der Waals surface area contributed by atoms with Crippen molar-refractivity contribution in [1.82, 2.24) is 5.32 Å². The highest BCUT2D eigenvalue weighted by Gasteiger charge is 2.27. The van der Waals surface area contributed by atoms with Gasteiger partial charge in [0.15, 0.2) is 6.19 Å². The van der Waals surface area contributed by atoms with Crippen molar-refractivity contribution in [3.8, 4) is 6.19 Å². The summed E-state index contributed by atoms with van der Waals surface area (Å²) in [5.41, 5.74) is -1.18. The molecule has 5 nitrogen and oxygen atoms in total. The van der Waals surface area contributed by atoms with E-state index in [9.17, 15) is 9.59 Å². The largest absolute Gasteiger partial charge is 0.481 e. The van der Waals surface area contributed by atoms with Crippen LogP contribution in [0, 0.1) is 22.3 Å². The zero-order chi connectivity index (χ0) is 16.5. The third-order valence-electron chi connectivity index (χ3n) is 3.54. The summed E-state index contributed by atoms with van der Waals surface area (Å²) in [6, 6.07) is 0. The smallest absolute Gasteiger partial charge is 0.309 e. The van der Waals surface area contributed by atoms with Crippen molar-refractivity contribution < 1.29 is 14.7 Å². The van der Waals surface area contributed by atoms with Crippen molar-refractivity contribution in [3.05, 3.63) is 0 Å². The van der Waals surface area contributed by atoms with Crippen LogP contribution in [-0.4, -0.2) is 28.5 Å². The Morgan fingerprint density at radius 3 is 2.00 bits per heavy atom. The van der Waals surface area contributed by atoms with Crippen LogP contribution in [0.15, 0.2) is 0 Å². The van der Waals surface area contributed by atoms with E-state index < -0.39 is 16.8 Å². The average Bonchev–Trinajstić information content (AvgIpc) is 2.37. The molecule has 0 aromatic carbocycles. The molecule has 0 fully saturated rings. The van der Waals surface area contributed by atoms with Crippen LogP contribution in [0.25, 0.3) is 0 Å². The number of hydrogen-bond acceptors (Lipinski definition) is 4. The fourth-order valence-corrected chi connectivity index (χ4v) is 2.68. The second-order valence-electron chi connectivity index (χ2n) is 6.46. The Bertz CT molecular complexity index is 400. The lowest BCUT2D eigenvalue weighted by Crippen LogP contribution is -2.34. The third kappa shape index (κ3) is 7.96. The normalized spacial score (nSPS) is 11.8. The molecular formula is C15H26N2O3S. The Hall–Kier alpha value is -1.22. The lowest BCUT2D eigenvalue weighted by molar-refractivity contribution is -0.147. The summed E-state index contributed by atoms with van der Waals surface area (Å²) in [5, 5.41) is 19.6. The Kier molecular flexibility index (Phi) is 8.41. The van der Waals surface area contributed by atoms with E-state index in [1.165, 1.54) is 0 Å². The van der Waals surface area contributed by atoms with Crippen LogP contribution in [0.4, 0.5) is 0 Å². The molecule has 0 aliphatic carbocycles. The van der Waals surface area contributed by atoms with E-state index >= 15 is 0 Å². The van der Waals surface area contributed by atoms with E-state index in [0.717, 1.165) is 30.8 Å². The lowest BCUT2D eigenvalue weighted by atomic mass is 9.87. The summed E-state index contributed by atoms with van der Waals surface area (Å²) in [7, 11) is 0. The molecule has 120 valence electrons. The molecule has 6 heteroatoms. The first-order valence-corrected chi connectivity index (χ1v) is 8.29. The topological polar surface area (TPSA) is 90.2 Å². The van der Waals surface area contributed by atoms with Crippen molar-refractivity contribution in [2.75, 3.05) is 11.5 Å². The second-order valence-corrected chi connectivity index (χ2v) is 7.68. The van der Waals surface area contributed by atoms with Crippen LogP contribution >= 0.6 is 11.8 Å². The highest BCUT2D eigenvalue weighted by atomic mass is 32.2. The predicted molar refractivity (Wildman–Crippen MR) is 84.7 cm³/mol. The molecule has 2 N–H and O–H groups in total. The summed E-state index contributed by atoms with van der Waals surface area (Å²) in [6.07, 6.45) is 4.84. The Morgan fingerprint density at radius 2 is 1.57 bits per heavy atom. The standard InChI is InChI=1S/C15H26N2O3S/c1-14(2,12(18)17-11-16)7-5-9-21-10-6-8-15(3,4)13(19)20/h5-10H2,1-4H3,(H,17,18)(H,19,20). The van der Waals surface area contributed by atoms with Gasteiger partial charge in [-0.2, -0.15) is 17.0 Å². The van der Waals surface area contributed by atoms with Crippen molar-refractivity contribution in [3.63, 3.8) is 0 Å². The van der Waals surface area contributed by atoms with Crippen molar-refractivity contribution in [1.29, 1.82) is 5.26 Å². The molecule has 21 heavy (non-hydrogen) atoms. The van der Waals surface area contributed by atoms with Gasteiger partial charge in [0.2, 0.25) is 5.91 Å². The van der Waals surface area contributed by atoms with Crippen LogP contribution in [0.1, 0.15) is 53.4 Å². The summed E-state index contributed by atoms with van der Waals surface area (Å²) in [5.74, 6) is 0.883. The summed E-state index contributed by atoms with van der Waals surface area (Å²) in [6.45, 7) is 7.16. The van der Waals surface area contributed by atoms with Gasteiger partial charge in [-0.25, -0.2) is 0 Å². The molecular weight excluding hydrogens is 288 g/mol. The molecule has 0 radical (unpaired) electrons. The first kappa shape index (κ1) is 19.8. The van der Waals surface area contributed by atoms with Crippen molar-refractivity contribution in [2.45, 2.75) is 53.4 Å². The number of thioether (sulfide) groups is 1. The van der Waals surface area contributed by atoms with Gasteiger partial charge in [-0.05, 0) is 51.0 Å². The molecule has 0 saturated carbocycles. The number of carboxylic acids is 1. The molecule has 0 atom stereocenters. The monoisotopic (exact) mass is 314 g/mol. The minimum absolute atomic E-state index is 0.238. The molecule has 1 amide bonds. The van der Waals surface area contributed by atoms with Crippen LogP contribution in [-0.2, 0) is 9.59 Å². The number of nitriles is 1. The third-order valence-corrected chi connectivity index (χ3v) is 4.70. The van der Waals surface area contributed by atoms with E-state index in [1.807, 2.05) is 13.8 Å². The minimum Gasteiger partial charge on any atom is -0.481 e. The van der Waals surface area contributed by atoms with Gasteiger partial charge in [0, 0.05) is 5.41 Å².